The van der Waals surface area contributed by atoms with Crippen molar-refractivity contribution >= 4 is 15.9 Å². The molecule has 2 rings (SSSR count). The lowest BCUT2D eigenvalue weighted by atomic mass is 9.84. The third-order valence-corrected chi connectivity index (χ3v) is 4.98. The van der Waals surface area contributed by atoms with Gasteiger partial charge < -0.3 is 19.5 Å². The first kappa shape index (κ1) is 16.6. The standard InChI is InChI=1S/C16H24BrNO3/c1-16(9-5-6-10-21-16)15(18-2)11-7-8-12(19-3)13(17)14(11)20-4/h7-8,15,18H,5-6,9-10H2,1-4H3. The van der Waals surface area contributed by atoms with Gasteiger partial charge in [-0.15, -0.1) is 0 Å². The van der Waals surface area contributed by atoms with E-state index in [9.17, 15) is 0 Å². The molecule has 0 bridgehead atoms. The maximum absolute atomic E-state index is 6.10. The van der Waals surface area contributed by atoms with Crippen molar-refractivity contribution in [3.8, 4) is 11.5 Å². The van der Waals surface area contributed by atoms with Crippen molar-refractivity contribution in [2.45, 2.75) is 37.8 Å². The van der Waals surface area contributed by atoms with Crippen molar-refractivity contribution < 1.29 is 14.2 Å². The van der Waals surface area contributed by atoms with Crippen LogP contribution in [0.4, 0.5) is 0 Å². The Kier molecular flexibility index (Phi) is 5.52. The van der Waals surface area contributed by atoms with Crippen LogP contribution in [0, 0.1) is 0 Å². The molecule has 1 N–H and O–H groups in total. The van der Waals surface area contributed by atoms with Crippen molar-refractivity contribution in [1.82, 2.24) is 5.32 Å². The molecule has 2 atom stereocenters. The van der Waals surface area contributed by atoms with Crippen molar-refractivity contribution in [1.29, 1.82) is 0 Å². The molecule has 1 aromatic carbocycles. The van der Waals surface area contributed by atoms with E-state index < -0.39 is 0 Å². The van der Waals surface area contributed by atoms with Crippen LogP contribution in [0.25, 0.3) is 0 Å². The molecule has 1 aliphatic heterocycles. The molecule has 0 saturated carbocycles. The molecule has 1 saturated heterocycles. The number of rotatable bonds is 5. The van der Waals surface area contributed by atoms with Gasteiger partial charge in [-0.1, -0.05) is 0 Å². The summed E-state index contributed by atoms with van der Waals surface area (Å²) in [5.41, 5.74) is 0.853. The largest absolute Gasteiger partial charge is 0.495 e. The first-order valence-electron chi connectivity index (χ1n) is 7.29. The van der Waals surface area contributed by atoms with E-state index in [-0.39, 0.29) is 11.6 Å². The number of likely N-dealkylation sites (N-methyl/N-ethyl adjacent to an activating group) is 1. The van der Waals surface area contributed by atoms with Gasteiger partial charge in [0, 0.05) is 12.2 Å². The number of methoxy groups -OCH3 is 2. The highest BCUT2D eigenvalue weighted by Gasteiger charge is 2.39. The van der Waals surface area contributed by atoms with Crippen molar-refractivity contribution in [3.05, 3.63) is 22.2 Å². The van der Waals surface area contributed by atoms with E-state index in [1.54, 1.807) is 14.2 Å². The van der Waals surface area contributed by atoms with Crippen molar-refractivity contribution in [3.63, 3.8) is 0 Å². The van der Waals surface area contributed by atoms with Gasteiger partial charge in [-0.3, -0.25) is 0 Å². The Balaban J connectivity index is 2.44. The Morgan fingerprint density at radius 3 is 2.57 bits per heavy atom. The maximum Gasteiger partial charge on any atom is 0.141 e. The van der Waals surface area contributed by atoms with Gasteiger partial charge in [-0.2, -0.15) is 0 Å². The molecule has 4 nitrogen and oxygen atoms in total. The zero-order valence-electron chi connectivity index (χ0n) is 13.2. The molecular weight excluding hydrogens is 334 g/mol. The summed E-state index contributed by atoms with van der Waals surface area (Å²) >= 11 is 3.57. The third-order valence-electron chi connectivity index (χ3n) is 4.23. The average Bonchev–Trinajstić information content (AvgIpc) is 2.49. The zero-order valence-corrected chi connectivity index (χ0v) is 14.7. The molecule has 0 radical (unpaired) electrons. The van der Waals surface area contributed by atoms with Crippen LogP contribution in [0.5, 0.6) is 11.5 Å². The minimum absolute atomic E-state index is 0.0648. The molecule has 0 aromatic heterocycles. The van der Waals surface area contributed by atoms with E-state index in [2.05, 4.69) is 28.2 Å². The van der Waals surface area contributed by atoms with Gasteiger partial charge in [0.05, 0.1) is 25.9 Å². The maximum atomic E-state index is 6.10. The van der Waals surface area contributed by atoms with Gasteiger partial charge in [0.2, 0.25) is 0 Å². The molecular formula is C16H24BrNO3. The molecule has 118 valence electrons. The van der Waals surface area contributed by atoms with Gasteiger partial charge in [0.15, 0.2) is 0 Å². The highest BCUT2D eigenvalue weighted by molar-refractivity contribution is 9.10. The van der Waals surface area contributed by atoms with E-state index in [0.29, 0.717) is 0 Å². The van der Waals surface area contributed by atoms with E-state index in [1.807, 2.05) is 19.2 Å². The molecule has 0 aliphatic carbocycles. The van der Waals surface area contributed by atoms with Crippen LogP contribution in [-0.4, -0.2) is 33.5 Å². The van der Waals surface area contributed by atoms with Gasteiger partial charge in [0.25, 0.3) is 0 Å². The number of halogens is 1. The molecule has 21 heavy (non-hydrogen) atoms. The second kappa shape index (κ2) is 6.99. The lowest BCUT2D eigenvalue weighted by molar-refractivity contribution is -0.0888. The van der Waals surface area contributed by atoms with E-state index >= 15 is 0 Å². The van der Waals surface area contributed by atoms with Crippen LogP contribution in [-0.2, 0) is 4.74 Å². The molecule has 5 heteroatoms. The summed E-state index contributed by atoms with van der Waals surface area (Å²) in [5.74, 6) is 1.56. The molecule has 0 spiro atoms. The summed E-state index contributed by atoms with van der Waals surface area (Å²) < 4.78 is 17.9. The van der Waals surface area contributed by atoms with Gasteiger partial charge in [-0.05, 0) is 61.3 Å². The number of hydrogen-bond donors (Lipinski definition) is 1. The van der Waals surface area contributed by atoms with Crippen LogP contribution in [0.15, 0.2) is 16.6 Å². The van der Waals surface area contributed by atoms with E-state index in [1.165, 1.54) is 6.42 Å². The second-order valence-corrected chi connectivity index (χ2v) is 6.34. The Hall–Kier alpha value is -0.780. The lowest BCUT2D eigenvalue weighted by Gasteiger charge is -2.41. The molecule has 0 amide bonds. The van der Waals surface area contributed by atoms with Crippen LogP contribution in [0.1, 0.15) is 37.8 Å². The number of nitrogens with one attached hydrogen (secondary N) is 1. The summed E-state index contributed by atoms with van der Waals surface area (Å²) in [4.78, 5) is 0. The minimum atomic E-state index is -0.228. The predicted molar refractivity (Wildman–Crippen MR) is 87.3 cm³/mol. The topological polar surface area (TPSA) is 39.7 Å². The first-order valence-corrected chi connectivity index (χ1v) is 8.08. The molecule has 1 aliphatic rings. The summed E-state index contributed by atoms with van der Waals surface area (Å²) in [7, 11) is 5.30. The molecule has 1 heterocycles. The highest BCUT2D eigenvalue weighted by Crippen LogP contribution is 2.44. The fourth-order valence-electron chi connectivity index (χ4n) is 3.12. The van der Waals surface area contributed by atoms with Gasteiger partial charge in [-0.25, -0.2) is 0 Å². The van der Waals surface area contributed by atoms with E-state index in [4.69, 9.17) is 14.2 Å². The highest BCUT2D eigenvalue weighted by atomic mass is 79.9. The van der Waals surface area contributed by atoms with Gasteiger partial charge >= 0.3 is 0 Å². The Bertz CT molecular complexity index is 487. The van der Waals surface area contributed by atoms with Crippen LogP contribution in [0.3, 0.4) is 0 Å². The summed E-state index contributed by atoms with van der Waals surface area (Å²) in [6.07, 6.45) is 3.36. The fourth-order valence-corrected chi connectivity index (χ4v) is 3.80. The SMILES string of the molecule is CNC(c1ccc(OC)c(Br)c1OC)C1(C)CCCCO1. The Morgan fingerprint density at radius 1 is 1.29 bits per heavy atom. The Morgan fingerprint density at radius 2 is 2.05 bits per heavy atom. The average molecular weight is 358 g/mol. The number of ether oxygens (including phenoxy) is 3. The minimum Gasteiger partial charge on any atom is -0.495 e. The second-order valence-electron chi connectivity index (χ2n) is 5.54. The summed E-state index contributed by atoms with van der Waals surface area (Å²) in [5, 5.41) is 3.40. The smallest absolute Gasteiger partial charge is 0.141 e. The quantitative estimate of drug-likeness (QED) is 0.872. The Labute approximate surface area is 135 Å². The monoisotopic (exact) mass is 357 g/mol. The predicted octanol–water partition coefficient (Wildman–Crippen LogP) is 3.69. The molecule has 1 fully saturated rings. The van der Waals surface area contributed by atoms with Crippen molar-refractivity contribution in [2.24, 2.45) is 0 Å². The summed E-state index contributed by atoms with van der Waals surface area (Å²) in [6.45, 7) is 2.99. The van der Waals surface area contributed by atoms with Crippen LogP contribution < -0.4 is 14.8 Å². The third kappa shape index (κ3) is 3.20. The molecule has 2 unspecified atom stereocenters. The summed E-state index contributed by atoms with van der Waals surface area (Å²) in [6, 6.07) is 4.07. The fraction of sp³-hybridized carbons (Fsp3) is 0.625. The van der Waals surface area contributed by atoms with Crippen LogP contribution >= 0.6 is 15.9 Å². The lowest BCUT2D eigenvalue weighted by Crippen LogP contribution is -2.45. The number of hydrogen-bond acceptors (Lipinski definition) is 4. The zero-order chi connectivity index (χ0) is 15.5. The first-order chi connectivity index (χ1) is 10.1. The van der Waals surface area contributed by atoms with Gasteiger partial charge in [0.1, 0.15) is 16.0 Å². The normalized spacial score (nSPS) is 23.7. The van der Waals surface area contributed by atoms with Crippen LogP contribution in [0.2, 0.25) is 0 Å². The number of benzene rings is 1. The molecule has 1 aromatic rings. The van der Waals surface area contributed by atoms with Crippen molar-refractivity contribution in [2.75, 3.05) is 27.9 Å². The van der Waals surface area contributed by atoms with E-state index in [0.717, 1.165) is 41.0 Å².